The third-order valence-electron chi connectivity index (χ3n) is 5.74. The number of hydrogen-bond donors (Lipinski definition) is 2. The number of pyridine rings is 1. The van der Waals surface area contributed by atoms with Gasteiger partial charge in [0.2, 0.25) is 0 Å². The molecule has 1 unspecified atom stereocenters. The fraction of sp³-hybridized carbons (Fsp3) is 0.222. The van der Waals surface area contributed by atoms with Crippen molar-refractivity contribution in [1.29, 1.82) is 0 Å². The smallest absolute Gasteiger partial charge is 0.295 e. The number of aromatic nitrogens is 1. The number of likely N-dealkylation sites (tertiary alicyclic amines) is 1. The first-order valence-corrected chi connectivity index (χ1v) is 11.2. The van der Waals surface area contributed by atoms with E-state index in [0.29, 0.717) is 23.5 Å². The molecule has 1 amide bonds. The van der Waals surface area contributed by atoms with Gasteiger partial charge in [0.1, 0.15) is 11.5 Å². The summed E-state index contributed by atoms with van der Waals surface area (Å²) in [5.74, 6) is -1.19. The van der Waals surface area contributed by atoms with Crippen molar-refractivity contribution in [1.82, 2.24) is 9.88 Å². The lowest BCUT2D eigenvalue weighted by Crippen LogP contribution is -2.29. The lowest BCUT2D eigenvalue weighted by atomic mass is 9.94. The summed E-state index contributed by atoms with van der Waals surface area (Å²) in [5, 5.41) is 21.4. The molecule has 1 atom stereocenters. The predicted molar refractivity (Wildman–Crippen MR) is 129 cm³/mol. The Kier molecular flexibility index (Phi) is 7.01. The van der Waals surface area contributed by atoms with E-state index in [2.05, 4.69) is 4.98 Å². The highest BCUT2D eigenvalue weighted by Crippen LogP contribution is 2.42. The van der Waals surface area contributed by atoms with Gasteiger partial charge in [-0.2, -0.15) is 0 Å². The molecule has 0 radical (unpaired) electrons. The lowest BCUT2D eigenvalue weighted by Gasteiger charge is -2.26. The number of nitrogens with zero attached hydrogens (tertiary/aromatic N) is 2. The van der Waals surface area contributed by atoms with Crippen LogP contribution in [0.15, 0.2) is 72.6 Å². The number of ketones is 1. The van der Waals surface area contributed by atoms with Crippen molar-refractivity contribution < 1.29 is 29.3 Å². The summed E-state index contributed by atoms with van der Waals surface area (Å²) in [6, 6.07) is 13.9. The molecule has 1 aromatic heterocycles. The van der Waals surface area contributed by atoms with Gasteiger partial charge >= 0.3 is 0 Å². The molecule has 0 saturated carbocycles. The number of ether oxygens (including phenoxy) is 2. The molecule has 1 saturated heterocycles. The molecule has 180 valence electrons. The number of phenols is 1. The lowest BCUT2D eigenvalue weighted by molar-refractivity contribution is -0.140. The number of rotatable bonds is 8. The molecule has 1 aliphatic heterocycles. The molecule has 4 rings (SSSR count). The van der Waals surface area contributed by atoms with E-state index in [1.165, 1.54) is 18.1 Å². The number of aliphatic hydroxyl groups is 1. The summed E-state index contributed by atoms with van der Waals surface area (Å²) >= 11 is 0. The van der Waals surface area contributed by atoms with Crippen molar-refractivity contribution in [3.8, 4) is 17.2 Å². The van der Waals surface area contributed by atoms with E-state index in [1.807, 2.05) is 6.92 Å². The van der Waals surface area contributed by atoms with Gasteiger partial charge in [-0.15, -0.1) is 0 Å². The number of aromatic hydroxyl groups is 1. The summed E-state index contributed by atoms with van der Waals surface area (Å²) < 4.78 is 10.9. The molecule has 35 heavy (non-hydrogen) atoms. The van der Waals surface area contributed by atoms with E-state index in [4.69, 9.17) is 9.47 Å². The minimum absolute atomic E-state index is 0.0514. The number of amides is 1. The average Bonchev–Trinajstić information content (AvgIpc) is 3.13. The molecule has 8 nitrogen and oxygen atoms in total. The van der Waals surface area contributed by atoms with Gasteiger partial charge in [0, 0.05) is 24.5 Å². The summed E-state index contributed by atoms with van der Waals surface area (Å²) in [7, 11) is 1.41. The van der Waals surface area contributed by atoms with Gasteiger partial charge < -0.3 is 24.6 Å². The number of methoxy groups -OCH3 is 1. The van der Waals surface area contributed by atoms with Crippen LogP contribution in [-0.2, 0) is 16.1 Å². The number of Topliss-reactive ketones (excluding diaryl/α,β-unsaturated/α-hetero) is 1. The number of aliphatic hydroxyl groups excluding tert-OH is 1. The Hall–Kier alpha value is -4.33. The second-order valence-corrected chi connectivity index (χ2v) is 8.09. The van der Waals surface area contributed by atoms with Crippen molar-refractivity contribution in [3.05, 3.63) is 89.3 Å². The summed E-state index contributed by atoms with van der Waals surface area (Å²) in [4.78, 5) is 31.8. The van der Waals surface area contributed by atoms with Gasteiger partial charge in [0.05, 0.1) is 25.3 Å². The van der Waals surface area contributed by atoms with Gasteiger partial charge in [-0.05, 0) is 53.9 Å². The van der Waals surface area contributed by atoms with E-state index >= 15 is 0 Å². The first-order chi connectivity index (χ1) is 16.9. The monoisotopic (exact) mass is 474 g/mol. The number of hydrogen-bond acceptors (Lipinski definition) is 7. The predicted octanol–water partition coefficient (Wildman–Crippen LogP) is 4.21. The molecule has 1 fully saturated rings. The number of benzene rings is 2. The van der Waals surface area contributed by atoms with Gasteiger partial charge in [0.25, 0.3) is 11.7 Å². The van der Waals surface area contributed by atoms with Crippen molar-refractivity contribution in [3.63, 3.8) is 0 Å². The van der Waals surface area contributed by atoms with Crippen LogP contribution in [0.1, 0.15) is 36.1 Å². The molecule has 0 aliphatic carbocycles. The highest BCUT2D eigenvalue weighted by Gasteiger charge is 2.46. The van der Waals surface area contributed by atoms with Crippen LogP contribution < -0.4 is 9.47 Å². The van der Waals surface area contributed by atoms with Crippen LogP contribution in [0.25, 0.3) is 5.76 Å². The molecule has 0 bridgehead atoms. The Bertz CT molecular complexity index is 1270. The molecule has 8 heteroatoms. The fourth-order valence-electron chi connectivity index (χ4n) is 4.05. The maximum Gasteiger partial charge on any atom is 0.295 e. The third kappa shape index (κ3) is 4.82. The van der Waals surface area contributed by atoms with Crippen molar-refractivity contribution in [2.24, 2.45) is 0 Å². The Morgan fingerprint density at radius 3 is 2.57 bits per heavy atom. The maximum atomic E-state index is 13.2. The quantitative estimate of drug-likeness (QED) is 0.286. The molecule has 1 aliphatic rings. The molecule has 2 N–H and O–H groups in total. The van der Waals surface area contributed by atoms with Gasteiger partial charge in [0.15, 0.2) is 11.5 Å². The number of carbonyl (C=O) groups excluding carboxylic acids is 2. The first-order valence-electron chi connectivity index (χ1n) is 11.2. The van der Waals surface area contributed by atoms with E-state index in [0.717, 1.165) is 12.0 Å². The van der Waals surface area contributed by atoms with E-state index in [9.17, 15) is 19.8 Å². The third-order valence-corrected chi connectivity index (χ3v) is 5.74. The van der Waals surface area contributed by atoms with Crippen LogP contribution in [0, 0.1) is 0 Å². The highest BCUT2D eigenvalue weighted by atomic mass is 16.5. The fourth-order valence-corrected chi connectivity index (χ4v) is 4.05. The first kappa shape index (κ1) is 23.8. The molecular weight excluding hydrogens is 448 g/mol. The summed E-state index contributed by atoms with van der Waals surface area (Å²) in [6.45, 7) is 2.62. The highest BCUT2D eigenvalue weighted by molar-refractivity contribution is 6.46. The summed E-state index contributed by atoms with van der Waals surface area (Å²) in [6.07, 6.45) is 4.03. The minimum Gasteiger partial charge on any atom is -0.507 e. The molecular formula is C27H26N2O6. The van der Waals surface area contributed by atoms with E-state index < -0.39 is 17.7 Å². The van der Waals surface area contributed by atoms with E-state index in [1.54, 1.807) is 60.9 Å². The van der Waals surface area contributed by atoms with Crippen LogP contribution in [0.2, 0.25) is 0 Å². The topological polar surface area (TPSA) is 109 Å². The standard InChI is InChI=1S/C27H26N2O6/c1-3-13-35-20-6-4-5-19(14-20)25(31)23-24(18-7-8-21(30)22(15-18)34-2)29(27(33)26(23)32)16-17-9-11-28-12-10-17/h4-12,14-15,24,30-31H,3,13,16H2,1-2H3/b25-23+. The zero-order chi connectivity index (χ0) is 24.9. The normalized spacial score (nSPS) is 17.0. The van der Waals surface area contributed by atoms with Crippen molar-refractivity contribution in [2.45, 2.75) is 25.9 Å². The molecule has 2 aromatic carbocycles. The largest absolute Gasteiger partial charge is 0.507 e. The Labute approximate surface area is 203 Å². The Balaban J connectivity index is 1.85. The van der Waals surface area contributed by atoms with Crippen LogP contribution in [-0.4, -0.2) is 45.5 Å². The van der Waals surface area contributed by atoms with Crippen molar-refractivity contribution in [2.75, 3.05) is 13.7 Å². The van der Waals surface area contributed by atoms with Gasteiger partial charge in [-0.1, -0.05) is 25.1 Å². The zero-order valence-electron chi connectivity index (χ0n) is 19.5. The van der Waals surface area contributed by atoms with Gasteiger partial charge in [-0.25, -0.2) is 0 Å². The maximum absolute atomic E-state index is 13.2. The van der Waals surface area contributed by atoms with Crippen LogP contribution >= 0.6 is 0 Å². The Morgan fingerprint density at radius 1 is 1.09 bits per heavy atom. The Morgan fingerprint density at radius 2 is 1.86 bits per heavy atom. The molecule has 2 heterocycles. The van der Waals surface area contributed by atoms with Gasteiger partial charge in [-0.3, -0.25) is 14.6 Å². The minimum atomic E-state index is -0.905. The van der Waals surface area contributed by atoms with Crippen LogP contribution in [0.4, 0.5) is 0 Å². The van der Waals surface area contributed by atoms with E-state index in [-0.39, 0.29) is 29.4 Å². The van der Waals surface area contributed by atoms with Crippen molar-refractivity contribution >= 4 is 17.4 Å². The zero-order valence-corrected chi connectivity index (χ0v) is 19.5. The molecule has 0 spiro atoms. The SMILES string of the molecule is CCCOc1cccc(/C(O)=C2\C(=O)C(=O)N(Cc3ccncc3)C2c2ccc(O)c(OC)c2)c1. The van der Waals surface area contributed by atoms with Crippen LogP contribution in [0.3, 0.4) is 0 Å². The second-order valence-electron chi connectivity index (χ2n) is 8.09. The number of phenolic OH excluding ortho intramolecular Hbond substituents is 1. The second kappa shape index (κ2) is 10.3. The summed E-state index contributed by atoms with van der Waals surface area (Å²) in [5.41, 5.74) is 1.58. The number of carbonyl (C=O) groups is 2. The average molecular weight is 475 g/mol. The molecule has 3 aromatic rings. The van der Waals surface area contributed by atoms with Crippen LogP contribution in [0.5, 0.6) is 17.2 Å².